The highest BCUT2D eigenvalue weighted by atomic mass is 14.2. The molecule has 0 aromatic heterocycles. The fraction of sp³-hybridized carbons (Fsp3) is 0.600. The average molecular weight is 206 g/mol. The predicted octanol–water partition coefficient (Wildman–Crippen LogP) is 4.92. The van der Waals surface area contributed by atoms with Crippen LogP contribution in [-0.2, 0) is 10.8 Å². The zero-order valence-electron chi connectivity index (χ0n) is 10.3. The fourth-order valence-corrected chi connectivity index (χ4v) is 1.45. The van der Waals surface area contributed by atoms with Gasteiger partial charge < -0.3 is 0 Å². The van der Waals surface area contributed by atoms with Crippen LogP contribution in [0.25, 0.3) is 0 Å². The molecule has 15 heavy (non-hydrogen) atoms. The molecule has 86 valence electrons. The molecule has 0 atom stereocenters. The number of rotatable bonds is 0. The zero-order chi connectivity index (χ0) is 11.0. The Bertz CT molecular complexity index is 278. The molecule has 1 aromatic carbocycles. The van der Waals surface area contributed by atoms with Crippen molar-refractivity contribution in [3.8, 4) is 0 Å². The second-order valence-corrected chi connectivity index (χ2v) is 6.08. The van der Waals surface area contributed by atoms with E-state index in [1.54, 1.807) is 0 Å². The molecular formula is C15H26. The summed E-state index contributed by atoms with van der Waals surface area (Å²) < 4.78 is 0. The summed E-state index contributed by atoms with van der Waals surface area (Å²) >= 11 is 0. The zero-order valence-corrected chi connectivity index (χ0v) is 10.3. The molecule has 0 fully saturated rings. The summed E-state index contributed by atoms with van der Waals surface area (Å²) in [6, 6.07) is 8.94. The minimum atomic E-state index is 0. The highest BCUT2D eigenvalue weighted by Gasteiger charge is 2.18. The number of hydrogen-bond donors (Lipinski definition) is 0. The molecule has 1 rings (SSSR count). The Kier molecular flexibility index (Phi) is 4.16. The van der Waals surface area contributed by atoms with Gasteiger partial charge in [-0.1, -0.05) is 73.2 Å². The van der Waals surface area contributed by atoms with Gasteiger partial charge in [0.25, 0.3) is 0 Å². The summed E-state index contributed by atoms with van der Waals surface area (Å²) in [5, 5.41) is 0. The van der Waals surface area contributed by atoms with Crippen LogP contribution in [-0.4, -0.2) is 0 Å². The Morgan fingerprint density at radius 1 is 0.733 bits per heavy atom. The standard InChI is InChI=1S/C14H22.CH4/c1-13(2,3)11-8-7-9-12(10-11)14(4,5)6;/h7-10H,1-6H3;1H4. The van der Waals surface area contributed by atoms with Crippen LogP contribution in [0.4, 0.5) is 0 Å². The van der Waals surface area contributed by atoms with E-state index in [0.29, 0.717) is 0 Å². The van der Waals surface area contributed by atoms with Crippen LogP contribution >= 0.6 is 0 Å². The molecule has 0 heteroatoms. The molecule has 0 nitrogen and oxygen atoms in total. The van der Waals surface area contributed by atoms with E-state index in [4.69, 9.17) is 0 Å². The lowest BCUT2D eigenvalue weighted by atomic mass is 9.81. The van der Waals surface area contributed by atoms with Crippen molar-refractivity contribution in [1.29, 1.82) is 0 Å². The van der Waals surface area contributed by atoms with Gasteiger partial charge in [-0.05, 0) is 22.0 Å². The fourth-order valence-electron chi connectivity index (χ4n) is 1.45. The van der Waals surface area contributed by atoms with Crippen molar-refractivity contribution in [3.63, 3.8) is 0 Å². The molecular weight excluding hydrogens is 180 g/mol. The lowest BCUT2D eigenvalue weighted by Crippen LogP contribution is -2.15. The second kappa shape index (κ2) is 4.38. The molecule has 0 amide bonds. The van der Waals surface area contributed by atoms with Gasteiger partial charge in [0.2, 0.25) is 0 Å². The van der Waals surface area contributed by atoms with E-state index in [1.807, 2.05) is 0 Å². The maximum atomic E-state index is 2.33. The molecule has 0 saturated heterocycles. The Morgan fingerprint density at radius 2 is 1.07 bits per heavy atom. The van der Waals surface area contributed by atoms with Crippen LogP contribution in [0.2, 0.25) is 0 Å². The lowest BCUT2D eigenvalue weighted by Gasteiger charge is -2.24. The first-order chi connectivity index (χ1) is 6.21. The first-order valence-electron chi connectivity index (χ1n) is 5.32. The third-order valence-electron chi connectivity index (χ3n) is 2.59. The third kappa shape index (κ3) is 3.70. The van der Waals surface area contributed by atoms with Crippen molar-refractivity contribution in [2.45, 2.75) is 59.8 Å². The van der Waals surface area contributed by atoms with Crippen molar-refractivity contribution in [3.05, 3.63) is 35.4 Å². The molecule has 1 aromatic rings. The first kappa shape index (κ1) is 14.2. The highest BCUT2D eigenvalue weighted by Crippen LogP contribution is 2.28. The first-order valence-corrected chi connectivity index (χ1v) is 5.32. The molecule has 0 aliphatic carbocycles. The second-order valence-electron chi connectivity index (χ2n) is 6.08. The minimum Gasteiger partial charge on any atom is -0.0776 e. The molecule has 0 heterocycles. The quantitative estimate of drug-likeness (QED) is 0.565. The van der Waals surface area contributed by atoms with Crippen LogP contribution in [0.5, 0.6) is 0 Å². The normalized spacial score (nSPS) is 12.1. The van der Waals surface area contributed by atoms with Gasteiger partial charge >= 0.3 is 0 Å². The molecule has 0 saturated carbocycles. The Morgan fingerprint density at radius 3 is 1.33 bits per heavy atom. The van der Waals surface area contributed by atoms with Gasteiger partial charge in [0.05, 0.1) is 0 Å². The topological polar surface area (TPSA) is 0 Å². The van der Waals surface area contributed by atoms with E-state index >= 15 is 0 Å². The monoisotopic (exact) mass is 206 g/mol. The maximum Gasteiger partial charge on any atom is -0.0132 e. The van der Waals surface area contributed by atoms with E-state index in [2.05, 4.69) is 65.8 Å². The Balaban J connectivity index is 0.00000196. The van der Waals surface area contributed by atoms with Gasteiger partial charge in [-0.2, -0.15) is 0 Å². The minimum absolute atomic E-state index is 0. The van der Waals surface area contributed by atoms with Crippen LogP contribution in [0.1, 0.15) is 60.1 Å². The summed E-state index contributed by atoms with van der Waals surface area (Å²) in [5.41, 5.74) is 3.34. The van der Waals surface area contributed by atoms with Gasteiger partial charge in [0.1, 0.15) is 0 Å². The summed E-state index contributed by atoms with van der Waals surface area (Å²) in [5.74, 6) is 0. The lowest BCUT2D eigenvalue weighted by molar-refractivity contribution is 0.568. The predicted molar refractivity (Wildman–Crippen MR) is 70.6 cm³/mol. The molecule has 0 unspecified atom stereocenters. The van der Waals surface area contributed by atoms with Crippen LogP contribution in [0, 0.1) is 0 Å². The summed E-state index contributed by atoms with van der Waals surface area (Å²) in [4.78, 5) is 0. The average Bonchev–Trinajstić information content (AvgIpc) is 2.01. The molecule has 0 N–H and O–H groups in total. The molecule has 0 aliphatic heterocycles. The largest absolute Gasteiger partial charge is 0.0776 e. The van der Waals surface area contributed by atoms with Gasteiger partial charge in [-0.15, -0.1) is 0 Å². The van der Waals surface area contributed by atoms with Crippen LogP contribution < -0.4 is 0 Å². The van der Waals surface area contributed by atoms with Crippen molar-refractivity contribution in [1.82, 2.24) is 0 Å². The molecule has 0 spiro atoms. The van der Waals surface area contributed by atoms with E-state index in [0.717, 1.165) is 0 Å². The summed E-state index contributed by atoms with van der Waals surface area (Å²) in [7, 11) is 0. The van der Waals surface area contributed by atoms with E-state index in [1.165, 1.54) is 11.1 Å². The van der Waals surface area contributed by atoms with E-state index in [9.17, 15) is 0 Å². The number of hydrogen-bond acceptors (Lipinski definition) is 0. The van der Waals surface area contributed by atoms with Crippen molar-refractivity contribution in [2.24, 2.45) is 0 Å². The maximum absolute atomic E-state index is 2.33. The third-order valence-corrected chi connectivity index (χ3v) is 2.59. The van der Waals surface area contributed by atoms with E-state index < -0.39 is 0 Å². The smallest absolute Gasteiger partial charge is 0.0132 e. The van der Waals surface area contributed by atoms with Gasteiger partial charge in [-0.25, -0.2) is 0 Å². The van der Waals surface area contributed by atoms with E-state index in [-0.39, 0.29) is 18.3 Å². The van der Waals surface area contributed by atoms with Gasteiger partial charge in [-0.3, -0.25) is 0 Å². The summed E-state index contributed by atoms with van der Waals surface area (Å²) in [6.07, 6.45) is 0. The van der Waals surface area contributed by atoms with Gasteiger partial charge in [0, 0.05) is 0 Å². The summed E-state index contributed by atoms with van der Waals surface area (Å²) in [6.45, 7) is 13.6. The van der Waals surface area contributed by atoms with Crippen molar-refractivity contribution >= 4 is 0 Å². The Hall–Kier alpha value is -0.780. The van der Waals surface area contributed by atoms with Crippen molar-refractivity contribution in [2.75, 3.05) is 0 Å². The van der Waals surface area contributed by atoms with Crippen LogP contribution in [0.15, 0.2) is 24.3 Å². The van der Waals surface area contributed by atoms with Crippen molar-refractivity contribution < 1.29 is 0 Å². The van der Waals surface area contributed by atoms with Crippen LogP contribution in [0.3, 0.4) is 0 Å². The SMILES string of the molecule is C.CC(C)(C)c1cccc(C(C)(C)C)c1. The number of benzene rings is 1. The molecule has 0 bridgehead atoms. The molecule has 0 radical (unpaired) electrons. The molecule has 0 aliphatic rings. The van der Waals surface area contributed by atoms with Gasteiger partial charge in [0.15, 0.2) is 0 Å². The highest BCUT2D eigenvalue weighted by molar-refractivity contribution is 5.32. The Labute approximate surface area is 95.7 Å².